The Hall–Kier alpha value is -1.39. The molecular formula is C12H15NO3. The smallest absolute Gasteiger partial charge is 0.272 e. The number of carbonyl (C=O) groups excluding carboxylic acids is 1. The van der Waals surface area contributed by atoms with E-state index in [0.29, 0.717) is 19.8 Å². The van der Waals surface area contributed by atoms with Crippen molar-refractivity contribution in [2.24, 2.45) is 0 Å². The summed E-state index contributed by atoms with van der Waals surface area (Å²) in [7, 11) is 0. The third-order valence-electron chi connectivity index (χ3n) is 2.37. The van der Waals surface area contributed by atoms with Gasteiger partial charge in [-0.05, 0) is 12.0 Å². The molecule has 1 fully saturated rings. The zero-order valence-corrected chi connectivity index (χ0v) is 9.09. The number of hydroxylamine groups is 2. The van der Waals surface area contributed by atoms with Gasteiger partial charge >= 0.3 is 0 Å². The predicted octanol–water partition coefficient (Wildman–Crippen LogP) is 1.37. The molecule has 1 aliphatic rings. The molecule has 0 radical (unpaired) electrons. The summed E-state index contributed by atoms with van der Waals surface area (Å²) in [5.41, 5.74) is 1.07. The van der Waals surface area contributed by atoms with Crippen molar-refractivity contribution in [3.05, 3.63) is 35.9 Å². The van der Waals surface area contributed by atoms with Gasteiger partial charge in [0, 0.05) is 0 Å². The third-order valence-corrected chi connectivity index (χ3v) is 2.37. The summed E-state index contributed by atoms with van der Waals surface area (Å²) >= 11 is 0. The lowest BCUT2D eigenvalue weighted by Crippen LogP contribution is -2.30. The fourth-order valence-corrected chi connectivity index (χ4v) is 1.55. The van der Waals surface area contributed by atoms with Crippen molar-refractivity contribution in [3.8, 4) is 0 Å². The van der Waals surface area contributed by atoms with Crippen molar-refractivity contribution < 1.29 is 14.4 Å². The lowest BCUT2D eigenvalue weighted by atomic mass is 10.2. The number of amides is 1. The number of benzene rings is 1. The van der Waals surface area contributed by atoms with Crippen LogP contribution >= 0.6 is 0 Å². The van der Waals surface area contributed by atoms with Crippen molar-refractivity contribution in [1.29, 1.82) is 0 Å². The van der Waals surface area contributed by atoms with Crippen LogP contribution in [-0.2, 0) is 21.0 Å². The molecule has 0 saturated carbocycles. The third kappa shape index (κ3) is 3.05. The minimum absolute atomic E-state index is 0.0783. The van der Waals surface area contributed by atoms with E-state index in [-0.39, 0.29) is 12.5 Å². The van der Waals surface area contributed by atoms with E-state index in [1.807, 2.05) is 30.3 Å². The average molecular weight is 221 g/mol. The SMILES string of the molecule is O=C(COCc1ccccc1)N1CCCO1. The van der Waals surface area contributed by atoms with Gasteiger partial charge in [0.25, 0.3) is 5.91 Å². The van der Waals surface area contributed by atoms with E-state index in [9.17, 15) is 4.79 Å². The van der Waals surface area contributed by atoms with Crippen LogP contribution in [0.5, 0.6) is 0 Å². The molecule has 1 saturated heterocycles. The molecule has 2 rings (SSSR count). The van der Waals surface area contributed by atoms with Crippen LogP contribution in [-0.4, -0.2) is 30.7 Å². The molecule has 16 heavy (non-hydrogen) atoms. The van der Waals surface area contributed by atoms with E-state index in [2.05, 4.69) is 0 Å². The van der Waals surface area contributed by atoms with Crippen molar-refractivity contribution in [2.45, 2.75) is 13.0 Å². The Kier molecular flexibility index (Phi) is 3.91. The molecular weight excluding hydrogens is 206 g/mol. The number of ether oxygens (including phenoxy) is 1. The van der Waals surface area contributed by atoms with Gasteiger partial charge in [-0.15, -0.1) is 0 Å². The monoisotopic (exact) mass is 221 g/mol. The maximum absolute atomic E-state index is 11.5. The fraction of sp³-hybridized carbons (Fsp3) is 0.417. The van der Waals surface area contributed by atoms with Gasteiger partial charge < -0.3 is 4.74 Å². The zero-order valence-electron chi connectivity index (χ0n) is 9.09. The summed E-state index contributed by atoms with van der Waals surface area (Å²) < 4.78 is 5.32. The van der Waals surface area contributed by atoms with Crippen LogP contribution in [0.15, 0.2) is 30.3 Å². The molecule has 86 valence electrons. The van der Waals surface area contributed by atoms with Gasteiger partial charge in [-0.3, -0.25) is 9.63 Å². The van der Waals surface area contributed by atoms with Crippen molar-refractivity contribution in [3.63, 3.8) is 0 Å². The Labute approximate surface area is 94.7 Å². The first-order valence-corrected chi connectivity index (χ1v) is 5.41. The van der Waals surface area contributed by atoms with Crippen LogP contribution in [0.25, 0.3) is 0 Å². The van der Waals surface area contributed by atoms with Gasteiger partial charge in [-0.1, -0.05) is 30.3 Å². The first-order chi connectivity index (χ1) is 7.86. The van der Waals surface area contributed by atoms with E-state index >= 15 is 0 Å². The molecule has 0 aliphatic carbocycles. The number of hydrogen-bond donors (Lipinski definition) is 0. The highest BCUT2D eigenvalue weighted by molar-refractivity contribution is 5.76. The quantitative estimate of drug-likeness (QED) is 0.770. The molecule has 1 aromatic carbocycles. The number of rotatable bonds is 4. The van der Waals surface area contributed by atoms with Gasteiger partial charge in [-0.25, -0.2) is 5.06 Å². The number of hydrogen-bond acceptors (Lipinski definition) is 3. The van der Waals surface area contributed by atoms with Crippen LogP contribution in [0.3, 0.4) is 0 Å². The van der Waals surface area contributed by atoms with Crippen LogP contribution in [0.4, 0.5) is 0 Å². The minimum atomic E-state index is -0.103. The summed E-state index contributed by atoms with van der Waals surface area (Å²) in [6, 6.07) is 9.79. The van der Waals surface area contributed by atoms with Crippen LogP contribution in [0, 0.1) is 0 Å². The molecule has 0 bridgehead atoms. The topological polar surface area (TPSA) is 38.8 Å². The molecule has 4 nitrogen and oxygen atoms in total. The highest BCUT2D eigenvalue weighted by atomic mass is 16.7. The molecule has 4 heteroatoms. The Bertz CT molecular complexity index is 333. The fourth-order valence-electron chi connectivity index (χ4n) is 1.55. The molecule has 0 unspecified atom stereocenters. The standard InChI is InChI=1S/C12H15NO3/c14-12(13-7-4-8-16-13)10-15-9-11-5-2-1-3-6-11/h1-3,5-6H,4,7-10H2. The van der Waals surface area contributed by atoms with Gasteiger partial charge in [0.2, 0.25) is 0 Å². The second kappa shape index (κ2) is 5.63. The molecule has 0 spiro atoms. The first kappa shape index (κ1) is 11.1. The molecule has 0 aromatic heterocycles. The van der Waals surface area contributed by atoms with Crippen LogP contribution in [0.1, 0.15) is 12.0 Å². The molecule has 1 aliphatic heterocycles. The second-order valence-corrected chi connectivity index (χ2v) is 3.66. The maximum atomic E-state index is 11.5. The zero-order chi connectivity index (χ0) is 11.2. The Morgan fingerprint density at radius 1 is 1.38 bits per heavy atom. The highest BCUT2D eigenvalue weighted by Crippen LogP contribution is 2.05. The van der Waals surface area contributed by atoms with E-state index in [1.165, 1.54) is 5.06 Å². The van der Waals surface area contributed by atoms with Crippen LogP contribution in [0.2, 0.25) is 0 Å². The van der Waals surface area contributed by atoms with Gasteiger partial charge in [-0.2, -0.15) is 0 Å². The van der Waals surface area contributed by atoms with Gasteiger partial charge in [0.15, 0.2) is 0 Å². The second-order valence-electron chi connectivity index (χ2n) is 3.66. The van der Waals surface area contributed by atoms with Crippen molar-refractivity contribution in [2.75, 3.05) is 19.8 Å². The van der Waals surface area contributed by atoms with E-state index < -0.39 is 0 Å². The summed E-state index contributed by atoms with van der Waals surface area (Å²) in [6.45, 7) is 1.84. The lowest BCUT2D eigenvalue weighted by molar-refractivity contribution is -0.173. The van der Waals surface area contributed by atoms with Gasteiger partial charge in [0.05, 0.1) is 19.8 Å². The number of carbonyl (C=O) groups is 1. The van der Waals surface area contributed by atoms with Crippen LogP contribution < -0.4 is 0 Å². The Morgan fingerprint density at radius 2 is 2.19 bits per heavy atom. The summed E-state index contributed by atoms with van der Waals surface area (Å²) in [4.78, 5) is 16.6. The highest BCUT2D eigenvalue weighted by Gasteiger charge is 2.18. The van der Waals surface area contributed by atoms with Gasteiger partial charge in [0.1, 0.15) is 6.61 Å². The normalized spacial score (nSPS) is 15.4. The Balaban J connectivity index is 1.70. The molecule has 1 amide bonds. The van der Waals surface area contributed by atoms with Crippen molar-refractivity contribution in [1.82, 2.24) is 5.06 Å². The summed E-state index contributed by atoms with van der Waals surface area (Å²) in [5.74, 6) is -0.103. The first-order valence-electron chi connectivity index (χ1n) is 5.41. The maximum Gasteiger partial charge on any atom is 0.272 e. The van der Waals surface area contributed by atoms with E-state index in [1.54, 1.807) is 0 Å². The molecule has 0 N–H and O–H groups in total. The average Bonchev–Trinajstić information content (AvgIpc) is 2.84. The van der Waals surface area contributed by atoms with Crippen molar-refractivity contribution >= 4 is 5.91 Å². The summed E-state index contributed by atoms with van der Waals surface area (Å²) in [6.07, 6.45) is 0.907. The minimum Gasteiger partial charge on any atom is -0.367 e. The Morgan fingerprint density at radius 3 is 2.88 bits per heavy atom. The predicted molar refractivity (Wildman–Crippen MR) is 58.4 cm³/mol. The number of nitrogens with zero attached hydrogens (tertiary/aromatic N) is 1. The van der Waals surface area contributed by atoms with E-state index in [4.69, 9.17) is 9.57 Å². The molecule has 1 aromatic rings. The molecule has 0 atom stereocenters. The largest absolute Gasteiger partial charge is 0.367 e. The van der Waals surface area contributed by atoms with E-state index in [0.717, 1.165) is 12.0 Å². The lowest BCUT2D eigenvalue weighted by Gasteiger charge is -2.13. The summed E-state index contributed by atoms with van der Waals surface area (Å²) in [5, 5.41) is 1.38. The molecule has 1 heterocycles.